The number of hydrogen-bond donors (Lipinski definition) is 1. The summed E-state index contributed by atoms with van der Waals surface area (Å²) in [4.78, 5) is 6.67. The first-order chi connectivity index (χ1) is 8.53. The van der Waals surface area contributed by atoms with Crippen molar-refractivity contribution in [2.75, 3.05) is 20.3 Å². The van der Waals surface area contributed by atoms with Crippen molar-refractivity contribution in [3.05, 3.63) is 40.3 Å². The minimum Gasteiger partial charge on any atom is -0.382 e. The van der Waals surface area contributed by atoms with Crippen LogP contribution in [0.2, 0.25) is 5.02 Å². The summed E-state index contributed by atoms with van der Waals surface area (Å²) >= 11 is 5.71. The number of halogens is 1. The highest BCUT2D eigenvalue weighted by molar-refractivity contribution is 7.92. The molecule has 1 aromatic carbocycles. The summed E-state index contributed by atoms with van der Waals surface area (Å²) in [6, 6.07) is 6.77. The Morgan fingerprint density at radius 2 is 1.94 bits per heavy atom. The number of benzene rings is 1. The summed E-state index contributed by atoms with van der Waals surface area (Å²) in [5.74, 6) is 0. The lowest BCUT2D eigenvalue weighted by molar-refractivity contribution is 0.0444. The third-order valence-electron chi connectivity index (χ3n) is 1.87. The minimum absolute atomic E-state index is 0.143. The molecular formula is C11H14ClNO4S. The molecule has 0 spiro atoms. The summed E-state index contributed by atoms with van der Waals surface area (Å²) in [7, 11) is -2.11. The molecule has 100 valence electrons. The predicted octanol–water partition coefficient (Wildman–Crippen LogP) is 1.81. The number of methoxy groups -OCH3 is 1. The molecule has 5 nitrogen and oxygen atoms in total. The lowest BCUT2D eigenvalue weighted by Crippen LogP contribution is -2.23. The highest BCUT2D eigenvalue weighted by atomic mass is 35.5. The highest BCUT2D eigenvalue weighted by Crippen LogP contribution is 2.10. The van der Waals surface area contributed by atoms with E-state index >= 15 is 0 Å². The van der Waals surface area contributed by atoms with E-state index in [-0.39, 0.29) is 6.61 Å². The lowest BCUT2D eigenvalue weighted by atomic mass is 10.2. The Bertz CT molecular complexity index is 484. The molecule has 0 fully saturated rings. The molecule has 0 saturated heterocycles. The van der Waals surface area contributed by atoms with Gasteiger partial charge in [0.1, 0.15) is 0 Å². The SMILES string of the molecule is COCCONS(=O)(=O)/C=C/c1ccc(Cl)cc1. The molecule has 7 heteroatoms. The van der Waals surface area contributed by atoms with E-state index in [1.54, 1.807) is 24.3 Å². The van der Waals surface area contributed by atoms with Gasteiger partial charge >= 0.3 is 0 Å². The summed E-state index contributed by atoms with van der Waals surface area (Å²) in [6.07, 6.45) is 1.44. The monoisotopic (exact) mass is 291 g/mol. The summed E-state index contributed by atoms with van der Waals surface area (Å²) in [5, 5.41) is 1.61. The zero-order valence-corrected chi connectivity index (χ0v) is 11.4. The number of hydrogen-bond acceptors (Lipinski definition) is 4. The van der Waals surface area contributed by atoms with Gasteiger partial charge in [0.05, 0.1) is 13.2 Å². The van der Waals surface area contributed by atoms with Gasteiger partial charge in [-0.2, -0.15) is 0 Å². The van der Waals surface area contributed by atoms with Gasteiger partial charge in [0.2, 0.25) is 0 Å². The number of sulfonamides is 1. The molecule has 0 aliphatic carbocycles. The van der Waals surface area contributed by atoms with Crippen LogP contribution in [0, 0.1) is 0 Å². The maximum atomic E-state index is 11.4. The molecular weight excluding hydrogens is 278 g/mol. The predicted molar refractivity (Wildman–Crippen MR) is 70.4 cm³/mol. The van der Waals surface area contributed by atoms with Crippen LogP contribution in [0.25, 0.3) is 6.08 Å². The molecule has 0 amide bonds. The number of rotatable bonds is 7. The Kier molecular flexibility index (Phi) is 6.31. The molecule has 1 aromatic rings. The van der Waals surface area contributed by atoms with Gasteiger partial charge in [-0.05, 0) is 23.8 Å². The Balaban J connectivity index is 2.51. The number of nitrogens with one attached hydrogen (secondary N) is 1. The van der Waals surface area contributed by atoms with Crippen LogP contribution in [0.15, 0.2) is 29.7 Å². The second-order valence-electron chi connectivity index (χ2n) is 3.32. The Hall–Kier alpha value is -0.920. The second-order valence-corrected chi connectivity index (χ2v) is 5.29. The van der Waals surface area contributed by atoms with Crippen molar-refractivity contribution in [3.63, 3.8) is 0 Å². The quantitative estimate of drug-likeness (QED) is 0.615. The maximum Gasteiger partial charge on any atom is 0.255 e. The first-order valence-corrected chi connectivity index (χ1v) is 7.02. The van der Waals surface area contributed by atoms with E-state index in [0.29, 0.717) is 11.6 Å². The summed E-state index contributed by atoms with van der Waals surface area (Å²) in [5.41, 5.74) is 0.724. The smallest absolute Gasteiger partial charge is 0.255 e. The van der Waals surface area contributed by atoms with E-state index in [4.69, 9.17) is 21.2 Å². The average Bonchev–Trinajstić information content (AvgIpc) is 2.34. The Morgan fingerprint density at radius 3 is 2.56 bits per heavy atom. The van der Waals surface area contributed by atoms with Gasteiger partial charge < -0.3 is 4.74 Å². The molecule has 0 aliphatic heterocycles. The molecule has 0 aliphatic rings. The van der Waals surface area contributed by atoms with E-state index in [1.165, 1.54) is 13.2 Å². The van der Waals surface area contributed by atoms with Crippen molar-refractivity contribution < 1.29 is 18.0 Å². The van der Waals surface area contributed by atoms with Gasteiger partial charge in [-0.25, -0.2) is 8.42 Å². The molecule has 0 saturated carbocycles. The van der Waals surface area contributed by atoms with E-state index in [1.807, 2.05) is 4.89 Å². The van der Waals surface area contributed by atoms with Crippen molar-refractivity contribution in [1.29, 1.82) is 0 Å². The van der Waals surface area contributed by atoms with Crippen LogP contribution in [-0.4, -0.2) is 28.7 Å². The van der Waals surface area contributed by atoms with Gasteiger partial charge in [-0.1, -0.05) is 28.6 Å². The molecule has 1 N–H and O–H groups in total. The van der Waals surface area contributed by atoms with Gasteiger partial charge in [0, 0.05) is 17.5 Å². The van der Waals surface area contributed by atoms with Crippen LogP contribution >= 0.6 is 11.6 Å². The van der Waals surface area contributed by atoms with Crippen molar-refractivity contribution in [2.24, 2.45) is 0 Å². The van der Waals surface area contributed by atoms with Crippen LogP contribution in [0.1, 0.15) is 5.56 Å². The molecule has 0 bridgehead atoms. The summed E-state index contributed by atoms with van der Waals surface area (Å²) in [6.45, 7) is 0.452. The minimum atomic E-state index is -3.61. The van der Waals surface area contributed by atoms with Crippen LogP contribution < -0.4 is 4.89 Å². The van der Waals surface area contributed by atoms with Crippen LogP contribution in [-0.2, 0) is 19.6 Å². The molecule has 18 heavy (non-hydrogen) atoms. The van der Waals surface area contributed by atoms with Gasteiger partial charge in [0.25, 0.3) is 10.0 Å². The third-order valence-corrected chi connectivity index (χ3v) is 2.97. The van der Waals surface area contributed by atoms with E-state index in [2.05, 4.69) is 0 Å². The third kappa shape index (κ3) is 6.13. The first-order valence-electron chi connectivity index (χ1n) is 5.10. The van der Waals surface area contributed by atoms with Crippen molar-refractivity contribution in [1.82, 2.24) is 4.89 Å². The van der Waals surface area contributed by atoms with Crippen molar-refractivity contribution in [2.45, 2.75) is 0 Å². The zero-order chi connectivity index (χ0) is 13.4. The summed E-state index contributed by atoms with van der Waals surface area (Å²) < 4.78 is 27.6. The lowest BCUT2D eigenvalue weighted by Gasteiger charge is -2.02. The van der Waals surface area contributed by atoms with Crippen LogP contribution in [0.3, 0.4) is 0 Å². The molecule has 0 heterocycles. The molecule has 0 atom stereocenters. The Labute approximate surface area is 111 Å². The number of ether oxygens (including phenoxy) is 1. The average molecular weight is 292 g/mol. The van der Waals surface area contributed by atoms with E-state index in [9.17, 15) is 8.42 Å². The zero-order valence-electron chi connectivity index (χ0n) is 9.80. The first kappa shape index (κ1) is 15.1. The fourth-order valence-electron chi connectivity index (χ4n) is 1.02. The second kappa shape index (κ2) is 7.50. The van der Waals surface area contributed by atoms with E-state index in [0.717, 1.165) is 11.0 Å². The normalized spacial score (nSPS) is 12.1. The fraction of sp³-hybridized carbons (Fsp3) is 0.273. The van der Waals surface area contributed by atoms with Crippen LogP contribution in [0.5, 0.6) is 0 Å². The molecule has 0 aromatic heterocycles. The van der Waals surface area contributed by atoms with Crippen LogP contribution in [0.4, 0.5) is 0 Å². The molecule has 1 rings (SSSR count). The topological polar surface area (TPSA) is 64.6 Å². The Morgan fingerprint density at radius 1 is 1.28 bits per heavy atom. The van der Waals surface area contributed by atoms with Gasteiger partial charge in [-0.15, -0.1) is 0 Å². The van der Waals surface area contributed by atoms with Crippen molar-refractivity contribution >= 4 is 27.7 Å². The highest BCUT2D eigenvalue weighted by Gasteiger charge is 2.04. The van der Waals surface area contributed by atoms with Gasteiger partial charge in [0.15, 0.2) is 0 Å². The standard InChI is InChI=1S/C11H14ClNO4S/c1-16-7-8-17-13-18(14,15)9-6-10-2-4-11(12)5-3-10/h2-6,9,13H,7-8H2,1H3/b9-6+. The van der Waals surface area contributed by atoms with Crippen molar-refractivity contribution in [3.8, 4) is 0 Å². The maximum absolute atomic E-state index is 11.4. The fourth-order valence-corrected chi connectivity index (χ4v) is 1.78. The van der Waals surface area contributed by atoms with E-state index < -0.39 is 10.0 Å². The van der Waals surface area contributed by atoms with Gasteiger partial charge in [-0.3, -0.25) is 4.84 Å². The molecule has 0 unspecified atom stereocenters. The molecule has 0 radical (unpaired) electrons. The largest absolute Gasteiger partial charge is 0.382 e.